The molecule has 1 heteroatoms. The van der Waals surface area contributed by atoms with Gasteiger partial charge in [0.2, 0.25) is 0 Å². The molecule has 110 valence electrons. The van der Waals surface area contributed by atoms with Crippen molar-refractivity contribution in [2.45, 2.75) is 65.8 Å². The summed E-state index contributed by atoms with van der Waals surface area (Å²) in [6.45, 7) is 9.47. The van der Waals surface area contributed by atoms with Crippen LogP contribution in [-0.2, 0) is 0 Å². The molecule has 0 spiro atoms. The normalized spacial score (nSPS) is 37.0. The van der Waals surface area contributed by atoms with Gasteiger partial charge in [-0.3, -0.25) is 0 Å². The number of hydrogen-bond acceptors (Lipinski definition) is 1. The van der Waals surface area contributed by atoms with Crippen molar-refractivity contribution in [2.75, 3.05) is 7.05 Å². The molecular weight excluding hydrogens is 230 g/mol. The fraction of sp³-hybridized carbons (Fsp3) is 0.778. The van der Waals surface area contributed by atoms with E-state index in [0.29, 0.717) is 11.5 Å². The average molecular weight is 263 g/mol. The lowest BCUT2D eigenvalue weighted by molar-refractivity contribution is 0.147. The third kappa shape index (κ3) is 4.80. The maximum absolute atomic E-state index is 3.49. The van der Waals surface area contributed by atoms with E-state index >= 15 is 0 Å². The second kappa shape index (κ2) is 7.89. The molecule has 0 saturated heterocycles. The standard InChI is InChI=1S/C18H33N/c1-6-7-8-9-10-12-18(4)13-11-17(19-5)14-15(2)16(18)3/h6-7,9-10,15-17,19H,8,11-14H2,1-5H3/b7-6-,10-9-. The Kier molecular flexibility index (Phi) is 6.85. The van der Waals surface area contributed by atoms with E-state index in [1.165, 1.54) is 25.7 Å². The maximum Gasteiger partial charge on any atom is 0.00669 e. The second-order valence-electron chi connectivity index (χ2n) is 6.66. The van der Waals surface area contributed by atoms with E-state index in [2.05, 4.69) is 64.4 Å². The zero-order valence-corrected chi connectivity index (χ0v) is 13.6. The summed E-state index contributed by atoms with van der Waals surface area (Å²) in [4.78, 5) is 0. The Labute approximate surface area is 120 Å². The molecule has 0 amide bonds. The third-order valence-corrected chi connectivity index (χ3v) is 5.34. The lowest BCUT2D eigenvalue weighted by Gasteiger charge is -2.36. The van der Waals surface area contributed by atoms with Crippen LogP contribution in [0.1, 0.15) is 59.8 Å². The van der Waals surface area contributed by atoms with Crippen LogP contribution < -0.4 is 5.32 Å². The summed E-state index contributed by atoms with van der Waals surface area (Å²) in [7, 11) is 2.11. The smallest absolute Gasteiger partial charge is 0.00669 e. The highest BCUT2D eigenvalue weighted by molar-refractivity contribution is 4.98. The highest BCUT2D eigenvalue weighted by Crippen LogP contribution is 2.45. The lowest BCUT2D eigenvalue weighted by atomic mass is 9.69. The maximum atomic E-state index is 3.49. The van der Waals surface area contributed by atoms with E-state index in [0.717, 1.165) is 18.3 Å². The van der Waals surface area contributed by atoms with Gasteiger partial charge in [0.05, 0.1) is 0 Å². The van der Waals surface area contributed by atoms with Crippen LogP contribution in [0.4, 0.5) is 0 Å². The fourth-order valence-electron chi connectivity index (χ4n) is 3.40. The van der Waals surface area contributed by atoms with Crippen molar-refractivity contribution in [3.05, 3.63) is 24.3 Å². The Hall–Kier alpha value is -0.560. The Morgan fingerprint density at radius 1 is 1.21 bits per heavy atom. The Morgan fingerprint density at radius 3 is 2.58 bits per heavy atom. The topological polar surface area (TPSA) is 12.0 Å². The highest BCUT2D eigenvalue weighted by atomic mass is 14.9. The molecule has 0 bridgehead atoms. The van der Waals surface area contributed by atoms with Crippen LogP contribution in [0.2, 0.25) is 0 Å². The molecule has 1 aliphatic carbocycles. The third-order valence-electron chi connectivity index (χ3n) is 5.34. The minimum Gasteiger partial charge on any atom is -0.317 e. The van der Waals surface area contributed by atoms with Crippen LogP contribution in [0.5, 0.6) is 0 Å². The Balaban J connectivity index is 2.63. The molecule has 0 aromatic heterocycles. The van der Waals surface area contributed by atoms with Gasteiger partial charge in [0, 0.05) is 6.04 Å². The molecule has 0 aliphatic heterocycles. The first kappa shape index (κ1) is 16.5. The summed E-state index contributed by atoms with van der Waals surface area (Å²) in [6, 6.07) is 0.714. The molecule has 0 aromatic rings. The van der Waals surface area contributed by atoms with Crippen molar-refractivity contribution in [1.82, 2.24) is 5.32 Å². The van der Waals surface area contributed by atoms with Gasteiger partial charge in [0.25, 0.3) is 0 Å². The van der Waals surface area contributed by atoms with Crippen molar-refractivity contribution >= 4 is 0 Å². The summed E-state index contributed by atoms with van der Waals surface area (Å²) in [6.07, 6.45) is 15.4. The summed E-state index contributed by atoms with van der Waals surface area (Å²) in [5.74, 6) is 1.62. The number of allylic oxidation sites excluding steroid dienone is 4. The number of hydrogen-bond donors (Lipinski definition) is 1. The first-order valence-electron chi connectivity index (χ1n) is 7.97. The minimum absolute atomic E-state index is 0.470. The molecule has 0 aromatic carbocycles. The first-order chi connectivity index (χ1) is 9.03. The molecule has 4 atom stereocenters. The molecule has 1 aliphatic rings. The molecule has 1 nitrogen and oxygen atoms in total. The van der Waals surface area contributed by atoms with E-state index < -0.39 is 0 Å². The van der Waals surface area contributed by atoms with Gasteiger partial charge in [-0.2, -0.15) is 0 Å². The van der Waals surface area contributed by atoms with Gasteiger partial charge in [0.1, 0.15) is 0 Å². The van der Waals surface area contributed by atoms with E-state index in [4.69, 9.17) is 0 Å². The molecule has 1 N–H and O–H groups in total. The quantitative estimate of drug-likeness (QED) is 0.546. The van der Waals surface area contributed by atoms with Gasteiger partial charge >= 0.3 is 0 Å². The first-order valence-corrected chi connectivity index (χ1v) is 7.97. The van der Waals surface area contributed by atoms with Gasteiger partial charge in [-0.15, -0.1) is 0 Å². The largest absolute Gasteiger partial charge is 0.317 e. The van der Waals surface area contributed by atoms with Gasteiger partial charge in [0.15, 0.2) is 0 Å². The Morgan fingerprint density at radius 2 is 1.95 bits per heavy atom. The molecular formula is C18H33N. The second-order valence-corrected chi connectivity index (χ2v) is 6.66. The van der Waals surface area contributed by atoms with Crippen LogP contribution in [0.15, 0.2) is 24.3 Å². The Bertz CT molecular complexity index is 305. The van der Waals surface area contributed by atoms with Crippen molar-refractivity contribution in [3.63, 3.8) is 0 Å². The molecule has 1 rings (SSSR count). The van der Waals surface area contributed by atoms with Gasteiger partial charge in [-0.25, -0.2) is 0 Å². The van der Waals surface area contributed by atoms with Gasteiger partial charge in [-0.05, 0) is 63.3 Å². The summed E-state index contributed by atoms with van der Waals surface area (Å²) in [5.41, 5.74) is 0.470. The average Bonchev–Trinajstić information content (AvgIpc) is 2.51. The van der Waals surface area contributed by atoms with Crippen LogP contribution in [0.25, 0.3) is 0 Å². The van der Waals surface area contributed by atoms with Gasteiger partial charge < -0.3 is 5.32 Å². The SMILES string of the molecule is C/C=C\C/C=C\CC1(C)CCC(NC)CC(C)C1C. The fourth-order valence-corrected chi connectivity index (χ4v) is 3.40. The summed E-state index contributed by atoms with van der Waals surface area (Å²) in [5, 5.41) is 3.49. The lowest BCUT2D eigenvalue weighted by Crippen LogP contribution is -2.28. The molecule has 4 unspecified atom stereocenters. The van der Waals surface area contributed by atoms with Gasteiger partial charge in [-0.1, -0.05) is 45.1 Å². The summed E-state index contributed by atoms with van der Waals surface area (Å²) < 4.78 is 0. The van der Waals surface area contributed by atoms with Crippen molar-refractivity contribution in [3.8, 4) is 0 Å². The number of nitrogens with one attached hydrogen (secondary N) is 1. The molecule has 0 heterocycles. The zero-order chi connectivity index (χ0) is 14.3. The van der Waals surface area contributed by atoms with E-state index in [1.54, 1.807) is 0 Å². The molecule has 0 radical (unpaired) electrons. The van der Waals surface area contributed by atoms with Crippen molar-refractivity contribution in [1.29, 1.82) is 0 Å². The van der Waals surface area contributed by atoms with Crippen LogP contribution >= 0.6 is 0 Å². The van der Waals surface area contributed by atoms with E-state index in [9.17, 15) is 0 Å². The zero-order valence-electron chi connectivity index (χ0n) is 13.6. The van der Waals surface area contributed by atoms with Crippen molar-refractivity contribution < 1.29 is 0 Å². The van der Waals surface area contributed by atoms with Crippen LogP contribution in [0, 0.1) is 17.3 Å². The predicted molar refractivity (Wildman–Crippen MR) is 86.3 cm³/mol. The van der Waals surface area contributed by atoms with E-state index in [1.807, 2.05) is 0 Å². The monoisotopic (exact) mass is 263 g/mol. The van der Waals surface area contributed by atoms with Crippen LogP contribution in [0.3, 0.4) is 0 Å². The molecule has 1 fully saturated rings. The molecule has 19 heavy (non-hydrogen) atoms. The number of rotatable bonds is 5. The predicted octanol–water partition coefficient (Wildman–Crippen LogP) is 4.95. The summed E-state index contributed by atoms with van der Waals surface area (Å²) >= 11 is 0. The van der Waals surface area contributed by atoms with Crippen molar-refractivity contribution in [2.24, 2.45) is 17.3 Å². The van der Waals surface area contributed by atoms with Crippen LogP contribution in [-0.4, -0.2) is 13.1 Å². The molecule has 1 saturated carbocycles. The van der Waals surface area contributed by atoms with E-state index in [-0.39, 0.29) is 0 Å². The minimum atomic E-state index is 0.470. The highest BCUT2D eigenvalue weighted by Gasteiger charge is 2.37.